The Morgan fingerprint density at radius 2 is 1.37 bits per heavy atom. The number of ether oxygens (including phenoxy) is 5. The molecular weight excluding hydrogens is 408 g/mol. The molecule has 3 rings (SSSR count). The monoisotopic (exact) mass is 432 g/mol. The third kappa shape index (κ3) is 5.77. The van der Waals surface area contributed by atoms with Gasteiger partial charge in [-0.25, -0.2) is 0 Å². The Labute approximate surface area is 180 Å². The molecule has 1 aliphatic rings. The number of aliphatic hydroxyl groups excluding tert-OH is 2. The quantitative estimate of drug-likeness (QED) is 0.408. The number of hydrogen-bond donors (Lipinski definition) is 3. The van der Waals surface area contributed by atoms with Crippen molar-refractivity contribution in [3.63, 3.8) is 0 Å². The first kappa shape index (κ1) is 21.7. The molecule has 1 saturated heterocycles. The van der Waals surface area contributed by atoms with Crippen LogP contribution in [0.25, 0.3) is 0 Å². The molecule has 0 saturated carbocycles. The van der Waals surface area contributed by atoms with E-state index in [0.29, 0.717) is 11.5 Å². The minimum absolute atomic E-state index is 0.0758. The SMILES string of the molecule is OC=COCC1OC(S)C(Oc2ccccc2)C(OC=CO)C1Oc1ccccc1. The van der Waals surface area contributed by atoms with Crippen LogP contribution >= 0.6 is 12.6 Å². The molecule has 0 radical (unpaired) electrons. The zero-order chi connectivity index (χ0) is 21.2. The summed E-state index contributed by atoms with van der Waals surface area (Å²) in [7, 11) is 0. The predicted molar refractivity (Wildman–Crippen MR) is 114 cm³/mol. The van der Waals surface area contributed by atoms with Gasteiger partial charge in [0.05, 0.1) is 0 Å². The fourth-order valence-electron chi connectivity index (χ4n) is 3.08. The summed E-state index contributed by atoms with van der Waals surface area (Å²) in [6, 6.07) is 18.4. The maximum absolute atomic E-state index is 9.15. The van der Waals surface area contributed by atoms with E-state index in [0.717, 1.165) is 25.0 Å². The molecular formula is C22H24O7S. The van der Waals surface area contributed by atoms with Crippen molar-refractivity contribution in [3.05, 3.63) is 85.7 Å². The van der Waals surface area contributed by atoms with Crippen LogP contribution < -0.4 is 9.47 Å². The summed E-state index contributed by atoms with van der Waals surface area (Å²) in [6.07, 6.45) is 1.25. The molecule has 1 aliphatic heterocycles. The van der Waals surface area contributed by atoms with Crippen molar-refractivity contribution in [3.8, 4) is 11.5 Å². The first-order valence-electron chi connectivity index (χ1n) is 9.35. The second-order valence-electron chi connectivity index (χ2n) is 6.36. The van der Waals surface area contributed by atoms with Crippen LogP contribution in [0.15, 0.2) is 85.7 Å². The number of thiol groups is 1. The molecule has 1 fully saturated rings. The van der Waals surface area contributed by atoms with E-state index in [1.165, 1.54) is 0 Å². The van der Waals surface area contributed by atoms with E-state index in [1.54, 1.807) is 0 Å². The van der Waals surface area contributed by atoms with Crippen molar-refractivity contribution in [1.82, 2.24) is 0 Å². The van der Waals surface area contributed by atoms with Gasteiger partial charge in [0.15, 0.2) is 18.3 Å². The molecule has 5 atom stereocenters. The summed E-state index contributed by atoms with van der Waals surface area (Å²) in [5.41, 5.74) is -0.676. The largest absolute Gasteiger partial charge is 0.512 e. The summed E-state index contributed by atoms with van der Waals surface area (Å²) in [5, 5.41) is 18.0. The van der Waals surface area contributed by atoms with Crippen LogP contribution in [0.5, 0.6) is 11.5 Å². The van der Waals surface area contributed by atoms with Crippen molar-refractivity contribution < 1.29 is 33.9 Å². The summed E-state index contributed by atoms with van der Waals surface area (Å²) < 4.78 is 29.4. The molecule has 2 N–H and O–H groups in total. The lowest BCUT2D eigenvalue weighted by Gasteiger charge is -2.44. The van der Waals surface area contributed by atoms with Gasteiger partial charge in [-0.1, -0.05) is 36.4 Å². The summed E-state index contributed by atoms with van der Waals surface area (Å²) in [6.45, 7) is 0.0758. The van der Waals surface area contributed by atoms with E-state index >= 15 is 0 Å². The van der Waals surface area contributed by atoms with E-state index in [-0.39, 0.29) is 6.61 Å². The van der Waals surface area contributed by atoms with Crippen LogP contribution in [0.3, 0.4) is 0 Å². The van der Waals surface area contributed by atoms with Gasteiger partial charge in [-0.2, -0.15) is 0 Å². The van der Waals surface area contributed by atoms with Gasteiger partial charge in [-0.05, 0) is 24.3 Å². The van der Waals surface area contributed by atoms with Crippen molar-refractivity contribution in [2.45, 2.75) is 29.9 Å². The molecule has 0 aliphatic carbocycles. The highest BCUT2D eigenvalue weighted by molar-refractivity contribution is 7.80. The maximum Gasteiger partial charge on any atom is 0.177 e. The third-order valence-electron chi connectivity index (χ3n) is 4.35. The Bertz CT molecular complexity index is 800. The van der Waals surface area contributed by atoms with Crippen LogP contribution in [0, 0.1) is 0 Å². The van der Waals surface area contributed by atoms with E-state index in [9.17, 15) is 0 Å². The van der Waals surface area contributed by atoms with Gasteiger partial charge in [0, 0.05) is 0 Å². The normalized spacial score (nSPS) is 26.5. The van der Waals surface area contributed by atoms with Crippen LogP contribution in [0.1, 0.15) is 0 Å². The fraction of sp³-hybridized carbons (Fsp3) is 0.273. The number of benzene rings is 2. The fourth-order valence-corrected chi connectivity index (χ4v) is 3.47. The van der Waals surface area contributed by atoms with Gasteiger partial charge < -0.3 is 33.9 Å². The lowest BCUT2D eigenvalue weighted by molar-refractivity contribution is -0.193. The third-order valence-corrected chi connectivity index (χ3v) is 4.77. The van der Waals surface area contributed by atoms with Gasteiger partial charge in [0.1, 0.15) is 54.7 Å². The Hall–Kier alpha value is -2.97. The highest BCUT2D eigenvalue weighted by Crippen LogP contribution is 2.32. The van der Waals surface area contributed by atoms with E-state index in [1.807, 2.05) is 60.7 Å². The molecule has 7 nitrogen and oxygen atoms in total. The van der Waals surface area contributed by atoms with E-state index < -0.39 is 29.9 Å². The van der Waals surface area contributed by atoms with Crippen LogP contribution in [0.2, 0.25) is 0 Å². The lowest BCUT2D eigenvalue weighted by Crippen LogP contribution is -2.61. The highest BCUT2D eigenvalue weighted by Gasteiger charge is 2.49. The van der Waals surface area contributed by atoms with Gasteiger partial charge in [0.25, 0.3) is 0 Å². The predicted octanol–water partition coefficient (Wildman–Crippen LogP) is 4.00. The number of rotatable bonds is 9. The number of hydrogen-bond acceptors (Lipinski definition) is 8. The minimum atomic E-state index is -0.697. The van der Waals surface area contributed by atoms with Gasteiger partial charge in [-0.3, -0.25) is 0 Å². The lowest BCUT2D eigenvalue weighted by atomic mass is 9.99. The Kier molecular flexibility index (Phi) is 8.17. The molecule has 30 heavy (non-hydrogen) atoms. The first-order valence-corrected chi connectivity index (χ1v) is 9.87. The zero-order valence-electron chi connectivity index (χ0n) is 16.1. The van der Waals surface area contributed by atoms with Crippen LogP contribution in [-0.2, 0) is 14.2 Å². The molecule has 1 heterocycles. The molecule has 0 aromatic heterocycles. The maximum atomic E-state index is 9.15. The number of para-hydroxylation sites is 2. The second kappa shape index (κ2) is 11.3. The van der Waals surface area contributed by atoms with Crippen molar-refractivity contribution in [2.24, 2.45) is 0 Å². The van der Waals surface area contributed by atoms with E-state index in [4.69, 9.17) is 33.9 Å². The second-order valence-corrected chi connectivity index (χ2v) is 6.87. The zero-order valence-corrected chi connectivity index (χ0v) is 17.0. The molecule has 0 spiro atoms. The van der Waals surface area contributed by atoms with Crippen molar-refractivity contribution in [1.29, 1.82) is 0 Å². The molecule has 8 heteroatoms. The molecule has 5 unspecified atom stereocenters. The first-order chi connectivity index (χ1) is 14.7. The van der Waals surface area contributed by atoms with Crippen molar-refractivity contribution in [2.75, 3.05) is 6.61 Å². The van der Waals surface area contributed by atoms with Crippen LogP contribution in [0.4, 0.5) is 0 Å². The standard InChI is InChI=1S/C22H24O7S/c23-11-13-25-15-18-19(27-16-7-3-1-4-8-16)20(26-14-12-24)21(22(30)29-18)28-17-9-5-2-6-10-17/h1-14,18-24,30H,15H2. The highest BCUT2D eigenvalue weighted by atomic mass is 32.1. The average molecular weight is 432 g/mol. The minimum Gasteiger partial charge on any atom is -0.512 e. The smallest absolute Gasteiger partial charge is 0.177 e. The Morgan fingerprint density at radius 3 is 1.93 bits per heavy atom. The van der Waals surface area contributed by atoms with Crippen molar-refractivity contribution >= 4 is 12.6 Å². The molecule has 2 aromatic rings. The van der Waals surface area contributed by atoms with Gasteiger partial charge in [0.2, 0.25) is 0 Å². The average Bonchev–Trinajstić information content (AvgIpc) is 2.77. The van der Waals surface area contributed by atoms with Crippen LogP contribution in [-0.4, -0.2) is 46.7 Å². The topological polar surface area (TPSA) is 86.6 Å². The van der Waals surface area contributed by atoms with E-state index in [2.05, 4.69) is 12.6 Å². The Balaban J connectivity index is 1.89. The Morgan fingerprint density at radius 1 is 0.800 bits per heavy atom. The molecule has 0 bridgehead atoms. The van der Waals surface area contributed by atoms with Gasteiger partial charge in [-0.15, -0.1) is 12.6 Å². The summed E-state index contributed by atoms with van der Waals surface area (Å²) in [5.74, 6) is 1.22. The summed E-state index contributed by atoms with van der Waals surface area (Å²) >= 11 is 4.55. The number of aliphatic hydroxyl groups is 2. The molecule has 0 amide bonds. The summed E-state index contributed by atoms with van der Waals surface area (Å²) in [4.78, 5) is 0. The van der Waals surface area contributed by atoms with Gasteiger partial charge >= 0.3 is 0 Å². The molecule has 160 valence electrons. The molecule has 2 aromatic carbocycles.